The van der Waals surface area contributed by atoms with Crippen molar-refractivity contribution < 1.29 is 17.9 Å². The number of carbonyl (C=O) groups excluding carboxylic acids is 1. The molecule has 122 valence electrons. The highest BCUT2D eigenvalue weighted by Gasteiger charge is 2.08. The quantitative estimate of drug-likeness (QED) is 0.871. The Morgan fingerprint density at radius 1 is 1.09 bits per heavy atom. The largest absolute Gasteiger partial charge is 0.484 e. The van der Waals surface area contributed by atoms with Crippen molar-refractivity contribution in [3.8, 4) is 5.75 Å². The molecule has 1 amide bonds. The van der Waals surface area contributed by atoms with Crippen molar-refractivity contribution in [2.45, 2.75) is 4.90 Å². The van der Waals surface area contributed by atoms with Gasteiger partial charge in [-0.05, 0) is 42.5 Å². The topological polar surface area (TPSA) is 72.5 Å². The summed E-state index contributed by atoms with van der Waals surface area (Å²) in [5.74, 6) is 0.0114. The average Bonchev–Trinajstić information content (AvgIpc) is 2.48. The number of nitrogens with one attached hydrogen (secondary N) is 1. The van der Waals surface area contributed by atoms with Crippen molar-refractivity contribution in [1.29, 1.82) is 0 Å². The molecule has 0 aliphatic rings. The number of sulfone groups is 1. The first-order valence-electron chi connectivity index (χ1n) is 6.43. The summed E-state index contributed by atoms with van der Waals surface area (Å²) >= 11 is 11.6. The summed E-state index contributed by atoms with van der Waals surface area (Å²) in [5.41, 5.74) is 0.500. The maximum Gasteiger partial charge on any atom is 0.262 e. The molecule has 0 unspecified atom stereocenters. The highest BCUT2D eigenvalue weighted by molar-refractivity contribution is 7.90. The van der Waals surface area contributed by atoms with Crippen LogP contribution >= 0.6 is 23.2 Å². The molecule has 0 aliphatic heterocycles. The summed E-state index contributed by atoms with van der Waals surface area (Å²) in [5, 5.41) is 3.34. The molecular formula is C15H13Cl2NO4S. The fourth-order valence-electron chi connectivity index (χ4n) is 1.70. The second kappa shape index (κ2) is 7.21. The number of ether oxygens (including phenoxy) is 1. The Labute approximate surface area is 144 Å². The van der Waals surface area contributed by atoms with Crippen LogP contribution in [0, 0.1) is 0 Å². The van der Waals surface area contributed by atoms with Gasteiger partial charge in [-0.2, -0.15) is 0 Å². The van der Waals surface area contributed by atoms with Crippen LogP contribution in [-0.4, -0.2) is 27.2 Å². The lowest BCUT2D eigenvalue weighted by molar-refractivity contribution is -0.118. The molecule has 0 saturated heterocycles. The standard InChI is InChI=1S/C15H13Cl2NO4S/c1-23(20,21)12-5-3-11(4-6-12)22-9-15(19)18-10-2-7-13(16)14(17)8-10/h2-8H,9H2,1H3,(H,18,19). The van der Waals surface area contributed by atoms with Gasteiger partial charge in [-0.25, -0.2) is 8.42 Å². The molecule has 0 heterocycles. The van der Waals surface area contributed by atoms with Crippen molar-refractivity contribution in [3.05, 3.63) is 52.5 Å². The molecule has 23 heavy (non-hydrogen) atoms. The molecule has 1 N–H and O–H groups in total. The molecule has 0 aliphatic carbocycles. The number of amides is 1. The molecule has 2 aromatic carbocycles. The van der Waals surface area contributed by atoms with E-state index in [0.717, 1.165) is 6.26 Å². The summed E-state index contributed by atoms with van der Waals surface area (Å²) in [7, 11) is -3.26. The smallest absolute Gasteiger partial charge is 0.262 e. The molecule has 0 bridgehead atoms. The molecule has 0 radical (unpaired) electrons. The van der Waals surface area contributed by atoms with E-state index in [9.17, 15) is 13.2 Å². The lowest BCUT2D eigenvalue weighted by Crippen LogP contribution is -2.20. The number of rotatable bonds is 5. The highest BCUT2D eigenvalue weighted by atomic mass is 35.5. The number of benzene rings is 2. The SMILES string of the molecule is CS(=O)(=O)c1ccc(OCC(=O)Nc2ccc(Cl)c(Cl)c2)cc1. The summed E-state index contributed by atoms with van der Waals surface area (Å²) in [6, 6.07) is 10.5. The second-order valence-electron chi connectivity index (χ2n) is 4.71. The monoisotopic (exact) mass is 373 g/mol. The third kappa shape index (κ3) is 5.13. The Hall–Kier alpha value is -1.76. The molecular weight excluding hydrogens is 361 g/mol. The van der Waals surface area contributed by atoms with Crippen LogP contribution in [0.2, 0.25) is 10.0 Å². The van der Waals surface area contributed by atoms with E-state index in [1.807, 2.05) is 0 Å². The number of hydrogen-bond acceptors (Lipinski definition) is 4. The van der Waals surface area contributed by atoms with Gasteiger partial charge in [0.05, 0.1) is 14.9 Å². The minimum Gasteiger partial charge on any atom is -0.484 e. The fraction of sp³-hybridized carbons (Fsp3) is 0.133. The number of hydrogen-bond donors (Lipinski definition) is 1. The van der Waals surface area contributed by atoms with Crippen molar-refractivity contribution >= 4 is 44.6 Å². The Balaban J connectivity index is 1.92. The number of carbonyl (C=O) groups is 1. The van der Waals surface area contributed by atoms with Crippen LogP contribution in [0.25, 0.3) is 0 Å². The van der Waals surface area contributed by atoms with Gasteiger partial charge in [0.15, 0.2) is 16.4 Å². The van der Waals surface area contributed by atoms with E-state index in [1.54, 1.807) is 12.1 Å². The van der Waals surface area contributed by atoms with Crippen LogP contribution in [0.15, 0.2) is 47.4 Å². The number of anilines is 1. The van der Waals surface area contributed by atoms with Crippen LogP contribution in [-0.2, 0) is 14.6 Å². The number of halogens is 2. The minimum absolute atomic E-state index is 0.185. The van der Waals surface area contributed by atoms with Crippen LogP contribution in [0.1, 0.15) is 0 Å². The Bertz CT molecular complexity index is 820. The molecule has 0 spiro atoms. The molecule has 5 nitrogen and oxygen atoms in total. The van der Waals surface area contributed by atoms with E-state index in [0.29, 0.717) is 21.5 Å². The Morgan fingerprint density at radius 2 is 1.74 bits per heavy atom. The van der Waals surface area contributed by atoms with Gasteiger partial charge in [0, 0.05) is 11.9 Å². The average molecular weight is 374 g/mol. The van der Waals surface area contributed by atoms with Crippen LogP contribution in [0.4, 0.5) is 5.69 Å². The first-order valence-corrected chi connectivity index (χ1v) is 9.08. The Morgan fingerprint density at radius 3 is 2.30 bits per heavy atom. The van der Waals surface area contributed by atoms with Gasteiger partial charge >= 0.3 is 0 Å². The first-order chi connectivity index (χ1) is 10.8. The van der Waals surface area contributed by atoms with Crippen molar-refractivity contribution in [2.24, 2.45) is 0 Å². The highest BCUT2D eigenvalue weighted by Crippen LogP contribution is 2.25. The van der Waals surface area contributed by atoms with Gasteiger partial charge in [0.2, 0.25) is 0 Å². The molecule has 8 heteroatoms. The summed E-state index contributed by atoms with van der Waals surface area (Å²) in [4.78, 5) is 12.0. The summed E-state index contributed by atoms with van der Waals surface area (Å²) in [6.07, 6.45) is 1.12. The maximum absolute atomic E-state index is 11.8. The predicted octanol–water partition coefficient (Wildman–Crippen LogP) is 3.41. The Kier molecular flexibility index (Phi) is 5.51. The maximum atomic E-state index is 11.8. The van der Waals surface area contributed by atoms with E-state index < -0.39 is 9.84 Å². The van der Waals surface area contributed by atoms with E-state index in [4.69, 9.17) is 27.9 Å². The zero-order valence-electron chi connectivity index (χ0n) is 12.0. The van der Waals surface area contributed by atoms with Gasteiger partial charge in [-0.1, -0.05) is 23.2 Å². The molecule has 2 aromatic rings. The van der Waals surface area contributed by atoms with Crippen molar-refractivity contribution in [2.75, 3.05) is 18.2 Å². The molecule has 0 fully saturated rings. The molecule has 0 atom stereocenters. The third-order valence-electron chi connectivity index (χ3n) is 2.83. The molecule has 2 rings (SSSR count). The minimum atomic E-state index is -3.26. The third-order valence-corrected chi connectivity index (χ3v) is 4.69. The van der Waals surface area contributed by atoms with Gasteiger partial charge < -0.3 is 10.1 Å². The van der Waals surface area contributed by atoms with Crippen LogP contribution in [0.3, 0.4) is 0 Å². The van der Waals surface area contributed by atoms with Gasteiger partial charge in [0.1, 0.15) is 5.75 Å². The van der Waals surface area contributed by atoms with Crippen LogP contribution < -0.4 is 10.1 Å². The fourth-order valence-corrected chi connectivity index (χ4v) is 2.63. The lowest BCUT2D eigenvalue weighted by atomic mass is 10.3. The summed E-state index contributed by atoms with van der Waals surface area (Å²) in [6.45, 7) is -0.224. The second-order valence-corrected chi connectivity index (χ2v) is 7.54. The van der Waals surface area contributed by atoms with Crippen molar-refractivity contribution in [1.82, 2.24) is 0 Å². The summed E-state index contributed by atoms with van der Waals surface area (Å²) < 4.78 is 28.0. The molecule has 0 saturated carbocycles. The van der Waals surface area contributed by atoms with E-state index >= 15 is 0 Å². The molecule has 0 aromatic heterocycles. The van der Waals surface area contributed by atoms with E-state index in [-0.39, 0.29) is 17.4 Å². The van der Waals surface area contributed by atoms with Gasteiger partial charge in [-0.3, -0.25) is 4.79 Å². The van der Waals surface area contributed by atoms with Gasteiger partial charge in [0.25, 0.3) is 5.91 Å². The zero-order chi connectivity index (χ0) is 17.0. The zero-order valence-corrected chi connectivity index (χ0v) is 14.4. The predicted molar refractivity (Wildman–Crippen MR) is 90.1 cm³/mol. The van der Waals surface area contributed by atoms with Gasteiger partial charge in [-0.15, -0.1) is 0 Å². The van der Waals surface area contributed by atoms with Crippen molar-refractivity contribution in [3.63, 3.8) is 0 Å². The normalized spacial score (nSPS) is 11.1. The lowest BCUT2D eigenvalue weighted by Gasteiger charge is -2.08. The van der Waals surface area contributed by atoms with E-state index in [1.165, 1.54) is 30.3 Å². The first kappa shape index (κ1) is 17.6. The van der Waals surface area contributed by atoms with Crippen LogP contribution in [0.5, 0.6) is 5.75 Å². The van der Waals surface area contributed by atoms with E-state index in [2.05, 4.69) is 5.32 Å².